The van der Waals surface area contributed by atoms with Crippen molar-refractivity contribution in [2.75, 3.05) is 0 Å². The second-order valence-electron chi connectivity index (χ2n) is 8.86. The Morgan fingerprint density at radius 1 is 1.22 bits per heavy atom. The Morgan fingerprint density at radius 3 is 2.61 bits per heavy atom. The van der Waals surface area contributed by atoms with E-state index in [1.165, 1.54) is 11.3 Å². The third-order valence-corrected chi connectivity index (χ3v) is 7.90. The van der Waals surface area contributed by atoms with Gasteiger partial charge in [-0.3, -0.25) is 0 Å². The topological polar surface area (TPSA) is 85.5 Å². The molecule has 36 heavy (non-hydrogen) atoms. The second-order valence-corrected chi connectivity index (χ2v) is 10.7. The quantitative estimate of drug-likeness (QED) is 0.229. The fraction of sp³-hybridized carbons (Fsp3) is 0.296. The van der Waals surface area contributed by atoms with Crippen LogP contribution in [-0.4, -0.2) is 21.2 Å². The smallest absolute Gasteiger partial charge is 0.347 e. The predicted octanol–water partition coefficient (Wildman–Crippen LogP) is 8.19. The number of ether oxygens (including phenoxy) is 1. The highest BCUT2D eigenvalue weighted by Crippen LogP contribution is 2.46. The first-order valence-electron chi connectivity index (χ1n) is 11.8. The van der Waals surface area contributed by atoms with E-state index in [9.17, 15) is 9.90 Å². The summed E-state index contributed by atoms with van der Waals surface area (Å²) in [6.07, 6.45) is 3.58. The van der Waals surface area contributed by atoms with Gasteiger partial charge in [0.05, 0.1) is 21.3 Å². The largest absolute Gasteiger partial charge is 0.489 e. The number of hydrogen-bond donors (Lipinski definition) is 1. The fourth-order valence-electron chi connectivity index (χ4n) is 4.21. The van der Waals surface area contributed by atoms with Gasteiger partial charge in [0.2, 0.25) is 0 Å². The number of rotatable bonds is 9. The van der Waals surface area contributed by atoms with Crippen molar-refractivity contribution in [2.45, 2.75) is 52.1 Å². The molecule has 2 heterocycles. The third-order valence-electron chi connectivity index (χ3n) is 6.16. The Bertz CT molecular complexity index is 1420. The highest BCUT2D eigenvalue weighted by molar-refractivity contribution is 7.17. The second kappa shape index (κ2) is 10.2. The van der Waals surface area contributed by atoms with Crippen LogP contribution in [0.3, 0.4) is 0 Å². The summed E-state index contributed by atoms with van der Waals surface area (Å²) in [5.41, 5.74) is 4.57. The van der Waals surface area contributed by atoms with E-state index in [2.05, 4.69) is 10.1 Å². The van der Waals surface area contributed by atoms with E-state index in [1.807, 2.05) is 32.0 Å². The number of aryl methyl sites for hydroxylation is 2. The lowest BCUT2D eigenvalue weighted by molar-refractivity contribution is 0.0700. The molecule has 0 bridgehead atoms. The van der Waals surface area contributed by atoms with Crippen LogP contribution >= 0.6 is 34.5 Å². The lowest BCUT2D eigenvalue weighted by Crippen LogP contribution is -2.00. The average Bonchev–Trinajstić information content (AvgIpc) is 3.46. The van der Waals surface area contributed by atoms with Gasteiger partial charge >= 0.3 is 5.97 Å². The summed E-state index contributed by atoms with van der Waals surface area (Å²) < 4.78 is 11.9. The maximum absolute atomic E-state index is 11.7. The molecular weight excluding hydrogens is 519 g/mol. The van der Waals surface area contributed by atoms with E-state index in [-0.39, 0.29) is 6.61 Å². The van der Waals surface area contributed by atoms with Gasteiger partial charge in [-0.2, -0.15) is 0 Å². The van der Waals surface area contributed by atoms with Crippen LogP contribution in [0.25, 0.3) is 21.8 Å². The first kappa shape index (κ1) is 24.8. The number of thiazole rings is 1. The molecule has 186 valence electrons. The number of hydrogen-bond acceptors (Lipinski definition) is 6. The van der Waals surface area contributed by atoms with E-state index in [0.29, 0.717) is 55.0 Å². The highest BCUT2D eigenvalue weighted by Gasteiger charge is 2.33. The molecule has 1 N–H and O–H groups in total. The summed E-state index contributed by atoms with van der Waals surface area (Å²) in [5.74, 6) is 0.899. The van der Waals surface area contributed by atoms with E-state index >= 15 is 0 Å². The third kappa shape index (κ3) is 4.88. The van der Waals surface area contributed by atoms with Crippen LogP contribution in [0.1, 0.15) is 64.4 Å². The molecule has 1 aliphatic carbocycles. The SMILES string of the molecule is CCCc1nc(-c2ccc(OCc3c(-c4c(Cl)cccc4Cl)noc3C3CC3)cc2C)sc1C(=O)O. The van der Waals surface area contributed by atoms with Crippen LogP contribution in [0.5, 0.6) is 5.75 Å². The van der Waals surface area contributed by atoms with Crippen molar-refractivity contribution in [2.24, 2.45) is 0 Å². The zero-order valence-electron chi connectivity index (χ0n) is 19.8. The molecule has 0 saturated heterocycles. The Balaban J connectivity index is 1.42. The molecule has 0 amide bonds. The number of carboxylic acids is 1. The van der Waals surface area contributed by atoms with Crippen LogP contribution in [0.2, 0.25) is 10.0 Å². The minimum Gasteiger partial charge on any atom is -0.489 e. The normalized spacial score (nSPS) is 13.2. The zero-order chi connectivity index (χ0) is 25.4. The van der Waals surface area contributed by atoms with Crippen LogP contribution in [-0.2, 0) is 13.0 Å². The number of carbonyl (C=O) groups is 1. The van der Waals surface area contributed by atoms with Crippen molar-refractivity contribution in [1.29, 1.82) is 0 Å². The molecule has 4 aromatic rings. The number of aromatic nitrogens is 2. The van der Waals surface area contributed by atoms with Gasteiger partial charge in [-0.25, -0.2) is 9.78 Å². The average molecular weight is 543 g/mol. The molecular formula is C27H24Cl2N2O4S. The van der Waals surface area contributed by atoms with Crippen molar-refractivity contribution in [3.05, 3.63) is 73.9 Å². The Morgan fingerprint density at radius 2 is 1.97 bits per heavy atom. The van der Waals surface area contributed by atoms with Gasteiger partial charge in [0.15, 0.2) is 0 Å². The summed E-state index contributed by atoms with van der Waals surface area (Å²) >= 11 is 14.1. The molecule has 0 radical (unpaired) electrons. The lowest BCUT2D eigenvalue weighted by atomic mass is 10.0. The number of nitrogens with zero attached hydrogens (tertiary/aromatic N) is 2. The van der Waals surface area contributed by atoms with E-state index in [0.717, 1.165) is 41.7 Å². The fourth-order valence-corrected chi connectivity index (χ4v) is 5.83. The van der Waals surface area contributed by atoms with Gasteiger partial charge in [0.25, 0.3) is 0 Å². The molecule has 1 fully saturated rings. The Labute approximate surface area is 222 Å². The monoisotopic (exact) mass is 542 g/mol. The summed E-state index contributed by atoms with van der Waals surface area (Å²) in [6.45, 7) is 4.23. The van der Waals surface area contributed by atoms with E-state index < -0.39 is 5.97 Å². The summed E-state index contributed by atoms with van der Waals surface area (Å²) in [6, 6.07) is 11.1. The molecule has 0 aliphatic heterocycles. The minimum atomic E-state index is -0.936. The number of aromatic carboxylic acids is 1. The van der Waals surface area contributed by atoms with E-state index in [4.69, 9.17) is 32.5 Å². The van der Waals surface area contributed by atoms with Gasteiger partial charge in [0, 0.05) is 17.0 Å². The molecule has 5 rings (SSSR count). The maximum Gasteiger partial charge on any atom is 0.347 e. The van der Waals surface area contributed by atoms with Crippen LogP contribution in [0.15, 0.2) is 40.9 Å². The van der Waals surface area contributed by atoms with Crippen molar-refractivity contribution in [3.8, 4) is 27.6 Å². The number of benzene rings is 2. The van der Waals surface area contributed by atoms with Gasteiger partial charge in [-0.05, 0) is 62.1 Å². The van der Waals surface area contributed by atoms with Crippen molar-refractivity contribution in [3.63, 3.8) is 0 Å². The van der Waals surface area contributed by atoms with Gasteiger partial charge in [-0.15, -0.1) is 11.3 Å². The van der Waals surface area contributed by atoms with Crippen molar-refractivity contribution in [1.82, 2.24) is 10.1 Å². The summed E-state index contributed by atoms with van der Waals surface area (Å²) in [5, 5.41) is 15.6. The molecule has 2 aromatic carbocycles. The van der Waals surface area contributed by atoms with Crippen molar-refractivity contribution >= 4 is 40.5 Å². The molecule has 0 spiro atoms. The molecule has 0 atom stereocenters. The van der Waals surface area contributed by atoms with Gasteiger partial charge in [-0.1, -0.05) is 47.8 Å². The Hall–Kier alpha value is -2.87. The predicted molar refractivity (Wildman–Crippen MR) is 142 cm³/mol. The summed E-state index contributed by atoms with van der Waals surface area (Å²) in [7, 11) is 0. The van der Waals surface area contributed by atoms with Crippen molar-refractivity contribution < 1.29 is 19.2 Å². The summed E-state index contributed by atoms with van der Waals surface area (Å²) in [4.78, 5) is 16.6. The highest BCUT2D eigenvalue weighted by atomic mass is 35.5. The van der Waals surface area contributed by atoms with Gasteiger partial charge < -0.3 is 14.4 Å². The first-order valence-corrected chi connectivity index (χ1v) is 13.3. The molecule has 1 aliphatic rings. The maximum atomic E-state index is 11.7. The number of carboxylic acid groups (broad SMARTS) is 1. The van der Waals surface area contributed by atoms with Crippen LogP contribution in [0, 0.1) is 6.92 Å². The standard InChI is InChI=1S/C27H24Cl2N2O4S/c1-3-5-21-25(27(32)33)36-26(30-21)17-11-10-16(12-14(17)2)34-13-18-23(31-35-24(18)15-8-9-15)22-19(28)6-4-7-20(22)29/h4,6-7,10-12,15H,3,5,8-9,13H2,1-2H3,(H,32,33). The molecule has 9 heteroatoms. The minimum absolute atomic E-state index is 0.256. The van der Waals surface area contributed by atoms with E-state index in [1.54, 1.807) is 18.2 Å². The van der Waals surface area contributed by atoms with Crippen LogP contribution < -0.4 is 4.74 Å². The molecule has 2 aromatic heterocycles. The molecule has 0 unspecified atom stereocenters. The zero-order valence-corrected chi connectivity index (χ0v) is 22.1. The molecule has 6 nitrogen and oxygen atoms in total. The Kier molecular flexibility index (Phi) is 7.06. The first-order chi connectivity index (χ1) is 17.4. The lowest BCUT2D eigenvalue weighted by Gasteiger charge is -2.11. The van der Waals surface area contributed by atoms with Gasteiger partial charge in [0.1, 0.15) is 33.7 Å². The number of halogens is 2. The van der Waals surface area contributed by atoms with Crippen LogP contribution in [0.4, 0.5) is 0 Å². The molecule has 1 saturated carbocycles.